The zero-order valence-electron chi connectivity index (χ0n) is 21.3. The molecular weight excluding hydrogens is 410 g/mol. The molecule has 0 bridgehead atoms. The summed E-state index contributed by atoms with van der Waals surface area (Å²) in [6.07, 6.45) is 7.29. The number of carbonyl (C=O) groups excluding carboxylic acids is 1. The zero-order chi connectivity index (χ0) is 24.2. The predicted molar refractivity (Wildman–Crippen MR) is 136 cm³/mol. The average molecular weight is 454 g/mol. The van der Waals surface area contributed by atoms with E-state index in [4.69, 9.17) is 5.73 Å². The fraction of sp³-hybridized carbons (Fsp3) is 0.630. The van der Waals surface area contributed by atoms with Gasteiger partial charge in [0.25, 0.3) is 0 Å². The van der Waals surface area contributed by atoms with Crippen LogP contribution in [0, 0.1) is 17.3 Å². The van der Waals surface area contributed by atoms with Crippen LogP contribution >= 0.6 is 0 Å². The number of aryl methyl sites for hydroxylation is 1. The number of hydrogen-bond acceptors (Lipinski definition) is 4. The lowest BCUT2D eigenvalue weighted by atomic mass is 9.75. The Labute approximate surface area is 199 Å². The van der Waals surface area contributed by atoms with Crippen molar-refractivity contribution in [3.05, 3.63) is 47.9 Å². The van der Waals surface area contributed by atoms with E-state index in [2.05, 4.69) is 86.0 Å². The summed E-state index contributed by atoms with van der Waals surface area (Å²) < 4.78 is 2.06. The standard InChI is InChI=1S/C27H43N5O/c1-19(21-12-11-20-9-7-8-10-22(20)13-21)23(28)14-25(33)31-24-15-32(18-30-24)27(5,6)17-29-16-26(2,3)4/h7-10,15,18-19,21,23,29H,11-14,16-17,28H2,1-6H3,(H,31,33). The number of carbonyl (C=O) groups is 1. The molecule has 6 heteroatoms. The van der Waals surface area contributed by atoms with E-state index in [1.54, 1.807) is 6.33 Å². The van der Waals surface area contributed by atoms with Crippen LogP contribution in [0.25, 0.3) is 0 Å². The Balaban J connectivity index is 1.50. The van der Waals surface area contributed by atoms with Crippen LogP contribution < -0.4 is 16.4 Å². The maximum Gasteiger partial charge on any atom is 0.227 e. The number of nitrogens with two attached hydrogens (primary N) is 1. The summed E-state index contributed by atoms with van der Waals surface area (Å²) in [6, 6.07) is 8.51. The summed E-state index contributed by atoms with van der Waals surface area (Å²) in [5.41, 5.74) is 9.47. The highest BCUT2D eigenvalue weighted by Gasteiger charge is 2.28. The van der Waals surface area contributed by atoms with Crippen molar-refractivity contribution in [1.82, 2.24) is 14.9 Å². The molecule has 0 aliphatic heterocycles. The number of hydrogen-bond donors (Lipinski definition) is 3. The van der Waals surface area contributed by atoms with Gasteiger partial charge in [0.05, 0.1) is 11.9 Å². The van der Waals surface area contributed by atoms with Crippen molar-refractivity contribution in [2.24, 2.45) is 23.0 Å². The first-order valence-corrected chi connectivity index (χ1v) is 12.3. The van der Waals surface area contributed by atoms with Gasteiger partial charge in [0, 0.05) is 31.7 Å². The van der Waals surface area contributed by atoms with E-state index in [0.29, 0.717) is 18.2 Å². The second-order valence-electron chi connectivity index (χ2n) is 11.7. The number of nitrogens with one attached hydrogen (secondary N) is 2. The minimum absolute atomic E-state index is 0.0699. The molecule has 1 aromatic carbocycles. The molecule has 1 amide bonds. The molecule has 0 radical (unpaired) electrons. The highest BCUT2D eigenvalue weighted by atomic mass is 16.1. The molecule has 1 heterocycles. The molecule has 1 aliphatic rings. The molecule has 0 saturated carbocycles. The number of anilines is 1. The maximum atomic E-state index is 12.7. The summed E-state index contributed by atoms with van der Waals surface area (Å²) in [4.78, 5) is 17.1. The van der Waals surface area contributed by atoms with Crippen molar-refractivity contribution in [2.75, 3.05) is 18.4 Å². The monoisotopic (exact) mass is 453 g/mol. The van der Waals surface area contributed by atoms with Crippen molar-refractivity contribution in [3.8, 4) is 0 Å². The molecule has 0 fully saturated rings. The Bertz CT molecular complexity index is 927. The van der Waals surface area contributed by atoms with E-state index in [1.165, 1.54) is 11.1 Å². The van der Waals surface area contributed by atoms with Gasteiger partial charge in [-0.05, 0) is 61.5 Å². The first-order chi connectivity index (χ1) is 15.4. The van der Waals surface area contributed by atoms with Crippen LogP contribution in [0.2, 0.25) is 0 Å². The number of aromatic nitrogens is 2. The van der Waals surface area contributed by atoms with Crippen LogP contribution in [0.5, 0.6) is 0 Å². The van der Waals surface area contributed by atoms with Crippen molar-refractivity contribution < 1.29 is 4.79 Å². The van der Waals surface area contributed by atoms with Gasteiger partial charge in [-0.1, -0.05) is 52.0 Å². The summed E-state index contributed by atoms with van der Waals surface area (Å²) in [5.74, 6) is 1.31. The van der Waals surface area contributed by atoms with Gasteiger partial charge < -0.3 is 20.9 Å². The van der Waals surface area contributed by atoms with Crippen molar-refractivity contribution in [1.29, 1.82) is 0 Å². The Morgan fingerprint density at radius 2 is 1.88 bits per heavy atom. The molecule has 182 valence electrons. The predicted octanol–water partition coefficient (Wildman–Crippen LogP) is 4.35. The Hall–Kier alpha value is -2.18. The minimum Gasteiger partial charge on any atom is -0.328 e. The highest BCUT2D eigenvalue weighted by molar-refractivity contribution is 5.90. The van der Waals surface area contributed by atoms with Gasteiger partial charge in [-0.3, -0.25) is 4.79 Å². The van der Waals surface area contributed by atoms with Gasteiger partial charge in [-0.2, -0.15) is 0 Å². The van der Waals surface area contributed by atoms with Crippen LogP contribution in [0.4, 0.5) is 5.82 Å². The molecule has 4 N–H and O–H groups in total. The number of nitrogens with zero attached hydrogens (tertiary/aromatic N) is 2. The van der Waals surface area contributed by atoms with E-state index >= 15 is 0 Å². The second kappa shape index (κ2) is 10.4. The lowest BCUT2D eigenvalue weighted by Crippen LogP contribution is -2.40. The molecule has 3 rings (SSSR count). The van der Waals surface area contributed by atoms with Gasteiger partial charge in [0.15, 0.2) is 5.82 Å². The first kappa shape index (κ1) is 25.4. The molecule has 1 aromatic heterocycles. The summed E-state index contributed by atoms with van der Waals surface area (Å²) >= 11 is 0. The SMILES string of the molecule is CC(C(N)CC(=O)Nc1cn(C(C)(C)CNCC(C)(C)C)cn1)C1CCc2ccccc2C1. The van der Waals surface area contributed by atoms with Gasteiger partial charge in [0.2, 0.25) is 5.91 Å². The maximum absolute atomic E-state index is 12.7. The number of benzene rings is 1. The van der Waals surface area contributed by atoms with E-state index in [-0.39, 0.29) is 28.8 Å². The quantitative estimate of drug-likeness (QED) is 0.527. The fourth-order valence-corrected chi connectivity index (χ4v) is 4.67. The lowest BCUT2D eigenvalue weighted by Gasteiger charge is -2.32. The lowest BCUT2D eigenvalue weighted by molar-refractivity contribution is -0.116. The Morgan fingerprint density at radius 1 is 1.18 bits per heavy atom. The molecule has 33 heavy (non-hydrogen) atoms. The van der Waals surface area contributed by atoms with Crippen LogP contribution in [0.1, 0.15) is 65.5 Å². The topological polar surface area (TPSA) is 85.0 Å². The van der Waals surface area contributed by atoms with E-state index in [0.717, 1.165) is 32.4 Å². The number of fused-ring (bicyclic) bond motifs is 1. The Morgan fingerprint density at radius 3 is 2.58 bits per heavy atom. The molecule has 2 aromatic rings. The van der Waals surface area contributed by atoms with Gasteiger partial charge in [0.1, 0.15) is 0 Å². The highest BCUT2D eigenvalue weighted by Crippen LogP contribution is 2.32. The van der Waals surface area contributed by atoms with E-state index < -0.39 is 0 Å². The van der Waals surface area contributed by atoms with Crippen LogP contribution in [0.15, 0.2) is 36.8 Å². The average Bonchev–Trinajstić information content (AvgIpc) is 3.21. The van der Waals surface area contributed by atoms with Gasteiger partial charge in [-0.15, -0.1) is 0 Å². The molecule has 0 spiro atoms. The molecule has 0 saturated heterocycles. The fourth-order valence-electron chi connectivity index (χ4n) is 4.67. The minimum atomic E-state index is -0.166. The van der Waals surface area contributed by atoms with Crippen LogP contribution in [0.3, 0.4) is 0 Å². The van der Waals surface area contributed by atoms with Crippen LogP contribution in [-0.2, 0) is 23.2 Å². The third kappa shape index (κ3) is 7.15. The van der Waals surface area contributed by atoms with E-state index in [9.17, 15) is 4.79 Å². The largest absolute Gasteiger partial charge is 0.328 e. The van der Waals surface area contributed by atoms with E-state index in [1.807, 2.05) is 6.20 Å². The number of imidazole rings is 1. The molecular formula is C27H43N5O. The van der Waals surface area contributed by atoms with Gasteiger partial charge >= 0.3 is 0 Å². The van der Waals surface area contributed by atoms with Crippen molar-refractivity contribution in [3.63, 3.8) is 0 Å². The smallest absolute Gasteiger partial charge is 0.227 e. The first-order valence-electron chi connectivity index (χ1n) is 12.3. The molecule has 1 aliphatic carbocycles. The second-order valence-corrected chi connectivity index (χ2v) is 11.7. The molecule has 6 nitrogen and oxygen atoms in total. The summed E-state index contributed by atoms with van der Waals surface area (Å²) in [5, 5.41) is 6.49. The van der Waals surface area contributed by atoms with Crippen molar-refractivity contribution in [2.45, 2.75) is 78.8 Å². The van der Waals surface area contributed by atoms with Crippen LogP contribution in [-0.4, -0.2) is 34.6 Å². The third-order valence-electron chi connectivity index (χ3n) is 6.99. The number of amides is 1. The normalized spacial score (nSPS) is 18.5. The molecule has 3 atom stereocenters. The van der Waals surface area contributed by atoms with Gasteiger partial charge in [-0.25, -0.2) is 4.98 Å². The summed E-state index contributed by atoms with van der Waals surface area (Å²) in [6.45, 7) is 14.9. The van der Waals surface area contributed by atoms with Crippen molar-refractivity contribution >= 4 is 11.7 Å². The summed E-state index contributed by atoms with van der Waals surface area (Å²) in [7, 11) is 0. The third-order valence-corrected chi connectivity index (χ3v) is 6.99. The number of rotatable bonds is 9. The Kier molecular flexibility index (Phi) is 8.01. The zero-order valence-corrected chi connectivity index (χ0v) is 21.3. The molecule has 3 unspecified atom stereocenters.